The molecule has 0 bridgehead atoms. The van der Waals surface area contributed by atoms with E-state index in [1.807, 2.05) is 18.2 Å². The molecule has 5 nitrogen and oxygen atoms in total. The van der Waals surface area contributed by atoms with Crippen molar-refractivity contribution >= 4 is 11.8 Å². The number of carbonyl (C=O) groups excluding carboxylic acids is 2. The summed E-state index contributed by atoms with van der Waals surface area (Å²) in [4.78, 5) is 27.4. The van der Waals surface area contributed by atoms with E-state index in [-0.39, 0.29) is 5.78 Å². The van der Waals surface area contributed by atoms with E-state index in [9.17, 15) is 9.59 Å². The summed E-state index contributed by atoms with van der Waals surface area (Å²) in [5.41, 5.74) is 1.02. The second-order valence-corrected chi connectivity index (χ2v) is 4.60. The lowest BCUT2D eigenvalue weighted by Crippen LogP contribution is -2.08. The zero-order chi connectivity index (χ0) is 15.8. The number of aromatic nitrogens is 1. The van der Waals surface area contributed by atoms with E-state index in [1.165, 1.54) is 25.6 Å². The molecule has 1 aromatic carbocycles. The Morgan fingerprint density at radius 3 is 2.64 bits per heavy atom. The van der Waals surface area contributed by atoms with Crippen LogP contribution in [0.4, 0.5) is 0 Å². The van der Waals surface area contributed by atoms with Crippen LogP contribution in [0.5, 0.6) is 5.75 Å². The molecular formula is C17H17NO4. The van der Waals surface area contributed by atoms with E-state index >= 15 is 0 Å². The van der Waals surface area contributed by atoms with Gasteiger partial charge in [0.2, 0.25) is 0 Å². The molecule has 0 radical (unpaired) electrons. The third kappa shape index (κ3) is 4.15. The van der Waals surface area contributed by atoms with Crippen LogP contribution in [0.25, 0.3) is 0 Å². The van der Waals surface area contributed by atoms with Gasteiger partial charge in [0.25, 0.3) is 0 Å². The monoisotopic (exact) mass is 299 g/mol. The molecule has 2 rings (SSSR count). The molecule has 0 aliphatic carbocycles. The Kier molecular flexibility index (Phi) is 5.65. The van der Waals surface area contributed by atoms with Gasteiger partial charge in [-0.3, -0.25) is 9.78 Å². The van der Waals surface area contributed by atoms with Crippen molar-refractivity contribution in [3.05, 3.63) is 59.9 Å². The van der Waals surface area contributed by atoms with Gasteiger partial charge in [0, 0.05) is 18.2 Å². The summed E-state index contributed by atoms with van der Waals surface area (Å²) in [6.45, 7) is 0.328. The topological polar surface area (TPSA) is 65.5 Å². The van der Waals surface area contributed by atoms with Crippen LogP contribution in [0.3, 0.4) is 0 Å². The molecule has 0 aliphatic rings. The Morgan fingerprint density at radius 2 is 1.91 bits per heavy atom. The maximum Gasteiger partial charge on any atom is 0.341 e. The summed E-state index contributed by atoms with van der Waals surface area (Å²) in [7, 11) is 1.31. The molecule has 0 unspecified atom stereocenters. The van der Waals surface area contributed by atoms with Gasteiger partial charge in [0.1, 0.15) is 5.56 Å². The van der Waals surface area contributed by atoms with Crippen molar-refractivity contribution in [2.24, 2.45) is 0 Å². The normalized spacial score (nSPS) is 10.0. The van der Waals surface area contributed by atoms with Gasteiger partial charge in [0.15, 0.2) is 11.5 Å². The quantitative estimate of drug-likeness (QED) is 0.447. The first-order chi connectivity index (χ1) is 10.7. The third-order valence-corrected chi connectivity index (χ3v) is 3.09. The van der Waals surface area contributed by atoms with Gasteiger partial charge in [-0.1, -0.05) is 30.3 Å². The highest BCUT2D eigenvalue weighted by Gasteiger charge is 2.13. The fraction of sp³-hybridized carbons (Fsp3) is 0.235. The van der Waals surface area contributed by atoms with Crippen LogP contribution in [0, 0.1) is 0 Å². The Bertz CT molecular complexity index is 640. The van der Waals surface area contributed by atoms with Crippen molar-refractivity contribution in [1.29, 1.82) is 0 Å². The van der Waals surface area contributed by atoms with Gasteiger partial charge in [-0.2, -0.15) is 0 Å². The van der Waals surface area contributed by atoms with E-state index in [0.29, 0.717) is 36.3 Å². The minimum atomic E-state index is -0.474. The predicted molar refractivity (Wildman–Crippen MR) is 81.1 cm³/mol. The summed E-state index contributed by atoms with van der Waals surface area (Å²) in [5.74, 6) is -0.0390. The van der Waals surface area contributed by atoms with Crippen LogP contribution in [0.1, 0.15) is 33.6 Å². The number of ether oxygens (including phenoxy) is 2. The lowest BCUT2D eigenvalue weighted by Gasteiger charge is -2.09. The second kappa shape index (κ2) is 7.93. The van der Waals surface area contributed by atoms with Gasteiger partial charge in [-0.25, -0.2) is 4.79 Å². The number of hydrogen-bond acceptors (Lipinski definition) is 5. The van der Waals surface area contributed by atoms with E-state index in [2.05, 4.69) is 9.72 Å². The van der Waals surface area contributed by atoms with Crippen molar-refractivity contribution in [3.63, 3.8) is 0 Å². The molecule has 0 fully saturated rings. The number of rotatable bonds is 7. The Morgan fingerprint density at radius 1 is 1.14 bits per heavy atom. The summed E-state index contributed by atoms with van der Waals surface area (Å²) >= 11 is 0. The molecule has 5 heteroatoms. The van der Waals surface area contributed by atoms with Gasteiger partial charge in [-0.05, 0) is 12.5 Å². The molecule has 1 heterocycles. The second-order valence-electron chi connectivity index (χ2n) is 4.60. The van der Waals surface area contributed by atoms with Crippen LogP contribution in [-0.2, 0) is 4.74 Å². The fourth-order valence-electron chi connectivity index (χ4n) is 1.96. The highest BCUT2D eigenvalue weighted by Crippen LogP contribution is 2.17. The lowest BCUT2D eigenvalue weighted by atomic mass is 10.1. The van der Waals surface area contributed by atoms with Crippen molar-refractivity contribution in [2.75, 3.05) is 13.7 Å². The summed E-state index contributed by atoms with van der Waals surface area (Å²) in [6.07, 6.45) is 3.91. The molecule has 0 saturated heterocycles. The average molecular weight is 299 g/mol. The van der Waals surface area contributed by atoms with Crippen molar-refractivity contribution in [3.8, 4) is 5.75 Å². The molecular weight excluding hydrogens is 282 g/mol. The van der Waals surface area contributed by atoms with Gasteiger partial charge in [-0.15, -0.1) is 0 Å². The maximum absolute atomic E-state index is 11.9. The molecule has 2 aromatic rings. The maximum atomic E-state index is 11.9. The zero-order valence-electron chi connectivity index (χ0n) is 12.3. The molecule has 1 aromatic heterocycles. The SMILES string of the molecule is COC(=O)c1ccncc1OCCCC(=O)c1ccccc1. The van der Waals surface area contributed by atoms with Crippen molar-refractivity contribution in [2.45, 2.75) is 12.8 Å². The van der Waals surface area contributed by atoms with E-state index in [4.69, 9.17) is 4.74 Å². The van der Waals surface area contributed by atoms with Crippen LogP contribution in [0.15, 0.2) is 48.8 Å². The summed E-state index contributed by atoms with van der Waals surface area (Å²) in [5, 5.41) is 0. The van der Waals surface area contributed by atoms with Gasteiger partial charge in [0.05, 0.1) is 19.9 Å². The van der Waals surface area contributed by atoms with E-state index < -0.39 is 5.97 Å². The van der Waals surface area contributed by atoms with Gasteiger partial charge < -0.3 is 9.47 Å². The summed E-state index contributed by atoms with van der Waals surface area (Å²) < 4.78 is 10.2. The lowest BCUT2D eigenvalue weighted by molar-refractivity contribution is 0.0595. The first kappa shape index (κ1) is 15.7. The van der Waals surface area contributed by atoms with Crippen LogP contribution >= 0.6 is 0 Å². The van der Waals surface area contributed by atoms with Crippen molar-refractivity contribution < 1.29 is 19.1 Å². The fourth-order valence-corrected chi connectivity index (χ4v) is 1.96. The number of nitrogens with zero attached hydrogens (tertiary/aromatic N) is 1. The average Bonchev–Trinajstić information content (AvgIpc) is 2.59. The number of ketones is 1. The number of hydrogen-bond donors (Lipinski definition) is 0. The van der Waals surface area contributed by atoms with Crippen LogP contribution in [0.2, 0.25) is 0 Å². The number of benzene rings is 1. The first-order valence-electron chi connectivity index (χ1n) is 6.95. The van der Waals surface area contributed by atoms with Crippen molar-refractivity contribution in [1.82, 2.24) is 4.98 Å². The van der Waals surface area contributed by atoms with Gasteiger partial charge >= 0.3 is 5.97 Å². The van der Waals surface area contributed by atoms with Crippen LogP contribution < -0.4 is 4.74 Å². The largest absolute Gasteiger partial charge is 0.491 e. The molecule has 114 valence electrons. The Balaban J connectivity index is 1.85. The zero-order valence-corrected chi connectivity index (χ0v) is 12.3. The molecule has 0 saturated carbocycles. The minimum Gasteiger partial charge on any atom is -0.491 e. The number of pyridine rings is 1. The minimum absolute atomic E-state index is 0.0728. The summed E-state index contributed by atoms with van der Waals surface area (Å²) in [6, 6.07) is 10.7. The van der Waals surface area contributed by atoms with E-state index in [1.54, 1.807) is 12.1 Å². The Hall–Kier alpha value is -2.69. The van der Waals surface area contributed by atoms with E-state index in [0.717, 1.165) is 0 Å². The number of methoxy groups -OCH3 is 1. The first-order valence-corrected chi connectivity index (χ1v) is 6.95. The molecule has 0 atom stereocenters. The highest BCUT2D eigenvalue weighted by molar-refractivity contribution is 5.96. The number of carbonyl (C=O) groups is 2. The molecule has 0 N–H and O–H groups in total. The molecule has 0 spiro atoms. The predicted octanol–water partition coefficient (Wildman–Crippen LogP) is 2.91. The Labute approximate surface area is 128 Å². The van der Waals surface area contributed by atoms with Crippen LogP contribution in [-0.4, -0.2) is 30.5 Å². The number of esters is 1. The molecule has 0 amide bonds. The highest BCUT2D eigenvalue weighted by atomic mass is 16.5. The third-order valence-electron chi connectivity index (χ3n) is 3.09. The molecule has 22 heavy (non-hydrogen) atoms. The number of Topliss-reactive ketones (excluding diaryl/α,β-unsaturated/α-hetero) is 1. The standard InChI is InChI=1S/C17H17NO4/c1-21-17(20)14-9-10-18-12-16(14)22-11-5-8-15(19)13-6-3-2-4-7-13/h2-4,6-7,9-10,12H,5,8,11H2,1H3. The smallest absolute Gasteiger partial charge is 0.341 e. The molecule has 0 aliphatic heterocycles.